The summed E-state index contributed by atoms with van der Waals surface area (Å²) in [5.74, 6) is 2.35. The Morgan fingerprint density at radius 3 is 1.10 bits per heavy atom. The number of hydrogen-bond acceptors (Lipinski definition) is 1. The normalized spacial score (nSPS) is 8.77. The molecule has 0 saturated carbocycles. The van der Waals surface area contributed by atoms with E-state index in [9.17, 15) is 0 Å². The van der Waals surface area contributed by atoms with Crippen LogP contribution in [-0.2, 0) is 6.42 Å². The Labute approximate surface area is 465 Å². The fourth-order valence-corrected chi connectivity index (χ4v) is 4.30. The number of hydrogen-bond donors (Lipinski definition) is 0. The third kappa shape index (κ3) is 195. The molecule has 1 aromatic rings. The van der Waals surface area contributed by atoms with Crippen LogP contribution in [0.4, 0.5) is 0 Å². The molecule has 0 aliphatic rings. The Balaban J connectivity index is -0.0000000423. The first-order chi connectivity index (χ1) is 33.8. The monoisotopic (exact) mass is 1020 g/mol. The van der Waals surface area contributed by atoms with Crippen molar-refractivity contribution in [3.63, 3.8) is 0 Å². The molecule has 0 radical (unpaired) electrons. The van der Waals surface area contributed by atoms with Crippen molar-refractivity contribution in [2.75, 3.05) is 0 Å². The first-order valence-corrected chi connectivity index (χ1v) is 30.6. The van der Waals surface area contributed by atoms with Gasteiger partial charge < -0.3 is 0 Å². The highest BCUT2D eigenvalue weighted by Gasteiger charge is 2.05. The molecule has 71 heavy (non-hydrogen) atoms. The predicted molar refractivity (Wildman–Crippen MR) is 359 cm³/mol. The number of thiocarbonyl (C=S) groups is 1. The molecule has 0 saturated heterocycles. The van der Waals surface area contributed by atoms with Gasteiger partial charge in [-0.1, -0.05) is 339 Å². The minimum atomic E-state index is 0.718. The van der Waals surface area contributed by atoms with Crippen molar-refractivity contribution in [3.05, 3.63) is 108 Å². The van der Waals surface area contributed by atoms with Gasteiger partial charge in [0.05, 0.1) is 0 Å². The summed E-state index contributed by atoms with van der Waals surface area (Å²) in [6.45, 7) is 78.7. The van der Waals surface area contributed by atoms with Gasteiger partial charge in [-0.15, -0.1) is 19.7 Å². The number of benzene rings is 1. The maximum absolute atomic E-state index is 4.44. The lowest BCUT2D eigenvalue weighted by atomic mass is 9.92. The zero-order valence-corrected chi connectivity index (χ0v) is 57.2. The van der Waals surface area contributed by atoms with Crippen LogP contribution in [0.15, 0.2) is 103 Å². The first kappa shape index (κ1) is 105. The summed E-state index contributed by atoms with van der Waals surface area (Å²) < 4.78 is 0. The summed E-state index contributed by atoms with van der Waals surface area (Å²) in [6, 6.07) is 10.5. The smallest absolute Gasteiger partial charge is 0.00102 e. The lowest BCUT2D eigenvalue weighted by Crippen LogP contribution is -1.99. The summed E-state index contributed by atoms with van der Waals surface area (Å²) in [5.41, 5.74) is 7.04. The minimum absolute atomic E-state index is 0.718. The zero-order valence-electron chi connectivity index (χ0n) is 56.4. The van der Waals surface area contributed by atoms with Gasteiger partial charge in [0, 0.05) is 5.37 Å². The van der Waals surface area contributed by atoms with Crippen molar-refractivity contribution in [1.82, 2.24) is 0 Å². The Morgan fingerprint density at radius 1 is 0.577 bits per heavy atom. The van der Waals surface area contributed by atoms with Gasteiger partial charge in [0.1, 0.15) is 0 Å². The molecule has 0 nitrogen and oxygen atoms in total. The maximum atomic E-state index is 4.44. The number of aryl methyl sites for hydroxylation is 1. The van der Waals surface area contributed by atoms with Crippen LogP contribution >= 0.6 is 12.2 Å². The molecule has 0 aliphatic heterocycles. The van der Waals surface area contributed by atoms with Crippen LogP contribution in [-0.4, -0.2) is 5.37 Å². The van der Waals surface area contributed by atoms with E-state index in [2.05, 4.69) is 214 Å². The molecule has 0 fully saturated rings. The lowest BCUT2D eigenvalue weighted by molar-refractivity contribution is 0.437. The van der Waals surface area contributed by atoms with E-state index in [0.717, 1.165) is 30.6 Å². The van der Waals surface area contributed by atoms with Gasteiger partial charge in [0.25, 0.3) is 0 Å². The second-order valence-corrected chi connectivity index (χ2v) is 16.7. The zero-order chi connectivity index (χ0) is 59.7. The van der Waals surface area contributed by atoms with Crippen LogP contribution in [0.1, 0.15) is 323 Å². The molecule has 0 aromatic heterocycles. The average Bonchev–Trinajstić information content (AvgIpc) is 3.38. The molecule has 0 bridgehead atoms. The van der Waals surface area contributed by atoms with Crippen LogP contribution in [0.5, 0.6) is 0 Å². The molecule has 0 heterocycles. The van der Waals surface area contributed by atoms with E-state index < -0.39 is 0 Å². The first-order valence-electron chi connectivity index (χ1n) is 30.1. The van der Waals surface area contributed by atoms with Crippen molar-refractivity contribution in [3.8, 4) is 0 Å². The van der Waals surface area contributed by atoms with E-state index >= 15 is 0 Å². The Bertz CT molecular complexity index is 991. The van der Waals surface area contributed by atoms with Gasteiger partial charge in [0.2, 0.25) is 0 Å². The largest absolute Gasteiger partial charge is 0.103 e. The minimum Gasteiger partial charge on any atom is -0.103 e. The Hall–Kier alpha value is -2.25. The third-order valence-electron chi connectivity index (χ3n) is 8.09. The van der Waals surface area contributed by atoms with Crippen molar-refractivity contribution < 1.29 is 0 Å². The summed E-state index contributed by atoms with van der Waals surface area (Å²) in [6.07, 6.45) is 30.4. The van der Waals surface area contributed by atoms with E-state index in [1.807, 2.05) is 100 Å². The second-order valence-electron chi connectivity index (χ2n) is 16.4. The van der Waals surface area contributed by atoms with Crippen LogP contribution < -0.4 is 0 Å². The summed E-state index contributed by atoms with van der Waals surface area (Å²) >= 11 is 4.44. The predicted octanol–water partition coefficient (Wildman–Crippen LogP) is 28.1. The van der Waals surface area contributed by atoms with Crippen LogP contribution in [0.2, 0.25) is 0 Å². The van der Waals surface area contributed by atoms with E-state index in [1.54, 1.807) is 5.37 Å². The molecule has 1 rings (SSSR count). The van der Waals surface area contributed by atoms with E-state index in [1.165, 1.54) is 118 Å². The number of rotatable bonds is 17. The second kappa shape index (κ2) is 127. The standard InChI is InChI=1S/C11H22.C8H10.2C8H16.C7H14.C4H6S.C4H10.C4H8.2C3H8.5C2H6/c1-5-7-11(8-6-2)9-10(3)4;1-2-8-6-4-3-5-7-8;1-5-8(4)6-7(2)3;1-4-5-6-7-8(2)3;1-5-7(4)6(2)3;1-2-3-4-5;2*1-3-4-2;2*1-3-2;5*1-2/h11H,3,5-9H2,1-2,4H3;3-7H,2H2,1H3;6-7H,5H2,1-4H3;2,4-7H2,1,3H3;5-6H,1-4H3;2-4H,1H3;3-4H2,1-2H3;3H,1,4H2,2H3;2*3H2,1-2H3;5*1-2H3/b;;8-6+;;7-5+;3-2-;;;;;;;;;. The SMILES string of the molecule is C/C=C(\C)C(C)C.C/C=C\C=S.C=C(C)CC(CCC)CCC.C=C(C)CCCCC.C=CCC.CC.CC.CC.CC.CC.CC/C(C)=C/C(C)C.CCC.CCC.CCCC.CCc1ccccc1. The average molecular weight is 1020 g/mol. The molecule has 0 atom stereocenters. The van der Waals surface area contributed by atoms with E-state index in [0.29, 0.717) is 0 Å². The fraction of sp³-hybridized carbons (Fsp3) is 0.729. The van der Waals surface area contributed by atoms with Crippen molar-refractivity contribution in [1.29, 1.82) is 0 Å². The van der Waals surface area contributed by atoms with Gasteiger partial charge in [-0.05, 0) is 103 Å². The van der Waals surface area contributed by atoms with Crippen molar-refractivity contribution >= 4 is 17.6 Å². The van der Waals surface area contributed by atoms with Gasteiger partial charge in [-0.3, -0.25) is 0 Å². The summed E-state index contributed by atoms with van der Waals surface area (Å²) in [4.78, 5) is 0. The van der Waals surface area contributed by atoms with Gasteiger partial charge in [0.15, 0.2) is 0 Å². The lowest BCUT2D eigenvalue weighted by Gasteiger charge is -2.14. The van der Waals surface area contributed by atoms with Gasteiger partial charge in [-0.25, -0.2) is 0 Å². The van der Waals surface area contributed by atoms with Crippen molar-refractivity contribution in [2.24, 2.45) is 17.8 Å². The quantitative estimate of drug-likeness (QED) is 0.0649. The molecule has 0 spiro atoms. The molecular weight excluding hydrogens is 873 g/mol. The number of allylic oxidation sites excluding steroid dienone is 9. The molecule has 1 heteroatoms. The molecule has 0 N–H and O–H groups in total. The summed E-state index contributed by atoms with van der Waals surface area (Å²) in [7, 11) is 0. The highest BCUT2D eigenvalue weighted by atomic mass is 32.1. The highest BCUT2D eigenvalue weighted by molar-refractivity contribution is 7.79. The third-order valence-corrected chi connectivity index (χ3v) is 8.25. The van der Waals surface area contributed by atoms with Gasteiger partial charge in [-0.2, -0.15) is 0 Å². The van der Waals surface area contributed by atoms with Crippen LogP contribution in [0, 0.1) is 17.8 Å². The van der Waals surface area contributed by atoms with E-state index in [-0.39, 0.29) is 0 Å². The van der Waals surface area contributed by atoms with Gasteiger partial charge >= 0.3 is 0 Å². The Kier molecular flexibility index (Phi) is 188. The van der Waals surface area contributed by atoms with Crippen LogP contribution in [0.3, 0.4) is 0 Å². The number of unbranched alkanes of at least 4 members (excludes halogenated alkanes) is 3. The molecule has 0 unspecified atom stereocenters. The fourth-order valence-electron chi connectivity index (χ4n) is 4.15. The van der Waals surface area contributed by atoms with E-state index in [4.69, 9.17) is 0 Å². The molecule has 0 aliphatic carbocycles. The molecule has 434 valence electrons. The van der Waals surface area contributed by atoms with Crippen LogP contribution in [0.25, 0.3) is 0 Å². The van der Waals surface area contributed by atoms with Crippen molar-refractivity contribution in [2.45, 2.75) is 324 Å². The molecular formula is C70H148S. The topological polar surface area (TPSA) is 0 Å². The molecule has 0 amide bonds. The highest BCUT2D eigenvalue weighted by Crippen LogP contribution is 2.20. The molecule has 1 aromatic carbocycles. The maximum Gasteiger partial charge on any atom is 0.00102 e. The Morgan fingerprint density at radius 2 is 0.958 bits per heavy atom. The summed E-state index contributed by atoms with van der Waals surface area (Å²) in [5, 5.41) is 1.58.